The Kier molecular flexibility index (Phi) is 8.74. The second-order valence-corrected chi connectivity index (χ2v) is 10.3. The van der Waals surface area contributed by atoms with E-state index in [1.165, 1.54) is 21.1 Å². The first-order chi connectivity index (χ1) is 15.8. The number of nitrogens with one attached hydrogen (secondary N) is 1. The molecule has 1 aliphatic heterocycles. The summed E-state index contributed by atoms with van der Waals surface area (Å²) in [5.41, 5.74) is 7.78. The van der Waals surface area contributed by atoms with Crippen molar-refractivity contribution in [2.45, 2.75) is 52.5 Å². The lowest BCUT2D eigenvalue weighted by Crippen LogP contribution is -2.55. The third-order valence-corrected chi connectivity index (χ3v) is 8.29. The highest BCUT2D eigenvalue weighted by Gasteiger charge is 2.43. The number of amides is 3. The van der Waals surface area contributed by atoms with Crippen molar-refractivity contribution in [2.24, 2.45) is 11.8 Å². The predicted octanol–water partition coefficient (Wildman–Crippen LogP) is 2.53. The van der Waals surface area contributed by atoms with E-state index in [1.807, 2.05) is 6.92 Å². The zero-order chi connectivity index (χ0) is 24.1. The van der Waals surface area contributed by atoms with Crippen LogP contribution < -0.4 is 11.1 Å². The number of nitrogen functional groups attached to an aromatic ring is 1. The third kappa shape index (κ3) is 5.51. The van der Waals surface area contributed by atoms with Crippen molar-refractivity contribution in [1.82, 2.24) is 20.0 Å². The molecule has 1 fully saturated rings. The summed E-state index contributed by atoms with van der Waals surface area (Å²) in [6.45, 7) is 10.4. The molecular formula is C24H38N6O2S. The molecule has 2 heterocycles. The largest absolute Gasteiger partial charge is 0.389 e. The smallest absolute Gasteiger partial charge is 0.324 e. The van der Waals surface area contributed by atoms with Crippen LogP contribution in [0.4, 0.5) is 9.80 Å². The minimum Gasteiger partial charge on any atom is -0.389 e. The highest BCUT2D eigenvalue weighted by molar-refractivity contribution is 7.16. The molecule has 3 rings (SSSR count). The zero-order valence-corrected chi connectivity index (χ0v) is 21.2. The van der Waals surface area contributed by atoms with Crippen molar-refractivity contribution < 1.29 is 9.59 Å². The number of hydrogen-bond donors (Lipinski definition) is 2. The molecule has 1 aromatic heterocycles. The van der Waals surface area contributed by atoms with Crippen LogP contribution in [-0.4, -0.2) is 79.0 Å². The van der Waals surface area contributed by atoms with Gasteiger partial charge >= 0.3 is 6.03 Å². The van der Waals surface area contributed by atoms with Gasteiger partial charge in [-0.1, -0.05) is 20.8 Å². The van der Waals surface area contributed by atoms with Crippen molar-refractivity contribution in [3.8, 4) is 6.07 Å². The number of fused-ring (bicyclic) bond motifs is 2. The number of anilines is 1. The van der Waals surface area contributed by atoms with Crippen LogP contribution in [0.2, 0.25) is 0 Å². The average molecular weight is 475 g/mol. The van der Waals surface area contributed by atoms with Crippen LogP contribution in [0.25, 0.3) is 0 Å². The minimum atomic E-state index is -0.290. The van der Waals surface area contributed by atoms with Crippen molar-refractivity contribution in [3.05, 3.63) is 16.0 Å². The van der Waals surface area contributed by atoms with Gasteiger partial charge in [-0.25, -0.2) is 4.79 Å². The van der Waals surface area contributed by atoms with Crippen molar-refractivity contribution in [2.75, 3.05) is 52.0 Å². The Labute approximate surface area is 201 Å². The lowest BCUT2D eigenvalue weighted by molar-refractivity contribution is -0.136. The molecule has 2 aliphatic rings. The van der Waals surface area contributed by atoms with Gasteiger partial charge < -0.3 is 20.9 Å². The second kappa shape index (κ2) is 11.3. The maximum Gasteiger partial charge on any atom is 0.324 e. The molecule has 3 atom stereocenters. The van der Waals surface area contributed by atoms with Gasteiger partial charge in [0, 0.05) is 37.1 Å². The maximum atomic E-state index is 13.5. The van der Waals surface area contributed by atoms with E-state index in [1.54, 1.807) is 0 Å². The van der Waals surface area contributed by atoms with Crippen molar-refractivity contribution in [1.29, 1.82) is 5.26 Å². The van der Waals surface area contributed by atoms with E-state index >= 15 is 0 Å². The number of urea groups is 1. The molecule has 3 N–H and O–H groups in total. The summed E-state index contributed by atoms with van der Waals surface area (Å²) in [4.78, 5) is 33.5. The molecule has 0 spiro atoms. The first kappa shape index (κ1) is 25.5. The Hall–Kier alpha value is -2.15. The summed E-state index contributed by atoms with van der Waals surface area (Å²) >= 11 is 1.53. The summed E-state index contributed by atoms with van der Waals surface area (Å²) in [5.74, 6) is -0.0291. The van der Waals surface area contributed by atoms with Crippen LogP contribution in [0.5, 0.6) is 0 Å². The molecular weight excluding hydrogens is 436 g/mol. The van der Waals surface area contributed by atoms with Crippen LogP contribution in [-0.2, 0) is 17.6 Å². The third-order valence-electron chi connectivity index (χ3n) is 7.20. The molecule has 0 radical (unpaired) electrons. The Morgan fingerprint density at radius 1 is 1.24 bits per heavy atom. The van der Waals surface area contributed by atoms with Crippen LogP contribution in [0.3, 0.4) is 0 Å². The van der Waals surface area contributed by atoms with Gasteiger partial charge in [0.15, 0.2) is 0 Å². The molecule has 0 unspecified atom stereocenters. The molecule has 9 heteroatoms. The quantitative estimate of drug-likeness (QED) is 0.600. The van der Waals surface area contributed by atoms with E-state index in [4.69, 9.17) is 5.73 Å². The van der Waals surface area contributed by atoms with E-state index in [-0.39, 0.29) is 23.8 Å². The number of rotatable bonds is 8. The van der Waals surface area contributed by atoms with Crippen molar-refractivity contribution >= 4 is 28.3 Å². The standard InChI is InChI=1S/C24H38N6O2S/c1-5-9-30(24(32)27-8-10-29(6-2)7-3)23(31)17-11-16-12-18-19(14-25)22(26)33-21(18)13-20(16)28(4)15-17/h16-17,20H,5-13,15,26H2,1-4H3,(H,27,32)/t16-,17-,20-/m1/s1. The van der Waals surface area contributed by atoms with Gasteiger partial charge in [-0.05, 0) is 57.3 Å². The molecule has 0 aromatic carbocycles. The van der Waals surface area contributed by atoms with Gasteiger partial charge in [0.25, 0.3) is 0 Å². The molecule has 182 valence electrons. The number of carbonyl (C=O) groups excluding carboxylic acids is 2. The van der Waals surface area contributed by atoms with Gasteiger partial charge in [0.05, 0.1) is 11.5 Å². The fraction of sp³-hybridized carbons (Fsp3) is 0.708. The number of nitrogens with zero attached hydrogens (tertiary/aromatic N) is 4. The Morgan fingerprint density at radius 3 is 2.61 bits per heavy atom. The number of thiophene rings is 1. The number of likely N-dealkylation sites (tertiary alicyclic amines) is 1. The summed E-state index contributed by atoms with van der Waals surface area (Å²) in [5, 5.41) is 13.1. The van der Waals surface area contributed by atoms with Crippen LogP contribution >= 0.6 is 11.3 Å². The van der Waals surface area contributed by atoms with Crippen LogP contribution in [0.1, 0.15) is 49.6 Å². The van der Waals surface area contributed by atoms with Crippen LogP contribution in [0, 0.1) is 23.2 Å². The Morgan fingerprint density at radius 2 is 1.97 bits per heavy atom. The fourth-order valence-corrected chi connectivity index (χ4v) is 6.46. The highest BCUT2D eigenvalue weighted by atomic mass is 32.1. The molecule has 8 nitrogen and oxygen atoms in total. The number of nitrogens with two attached hydrogens (primary N) is 1. The molecule has 0 saturated carbocycles. The second-order valence-electron chi connectivity index (χ2n) is 9.21. The van der Waals surface area contributed by atoms with E-state index in [2.05, 4.69) is 42.1 Å². The summed E-state index contributed by atoms with van der Waals surface area (Å²) in [7, 11) is 2.07. The monoisotopic (exact) mass is 474 g/mol. The van der Waals surface area contributed by atoms with Crippen molar-refractivity contribution in [3.63, 3.8) is 0 Å². The number of hydrogen-bond acceptors (Lipinski definition) is 7. The minimum absolute atomic E-state index is 0.0846. The van der Waals surface area contributed by atoms with E-state index in [9.17, 15) is 14.9 Å². The number of nitriles is 1. The first-order valence-electron chi connectivity index (χ1n) is 12.2. The summed E-state index contributed by atoms with van der Waals surface area (Å²) in [6, 6.07) is 2.32. The number of piperidine rings is 1. The molecule has 3 amide bonds. The zero-order valence-electron chi connectivity index (χ0n) is 20.4. The summed E-state index contributed by atoms with van der Waals surface area (Å²) in [6.07, 6.45) is 3.11. The predicted molar refractivity (Wildman–Crippen MR) is 132 cm³/mol. The molecule has 1 aromatic rings. The van der Waals surface area contributed by atoms with Gasteiger partial charge in [-0.15, -0.1) is 11.3 Å². The maximum absolute atomic E-state index is 13.5. The fourth-order valence-electron chi connectivity index (χ4n) is 5.36. The summed E-state index contributed by atoms with van der Waals surface area (Å²) < 4.78 is 0. The van der Waals surface area contributed by atoms with E-state index < -0.39 is 0 Å². The van der Waals surface area contributed by atoms with Gasteiger partial charge in [0.2, 0.25) is 5.91 Å². The highest BCUT2D eigenvalue weighted by Crippen LogP contribution is 2.42. The molecule has 1 aliphatic carbocycles. The lowest BCUT2D eigenvalue weighted by Gasteiger charge is -2.45. The first-order valence-corrected chi connectivity index (χ1v) is 13.0. The lowest BCUT2D eigenvalue weighted by atomic mass is 9.74. The van der Waals surface area contributed by atoms with Gasteiger partial charge in [0.1, 0.15) is 11.1 Å². The van der Waals surface area contributed by atoms with Gasteiger partial charge in [-0.3, -0.25) is 9.69 Å². The number of carbonyl (C=O) groups is 2. The number of likely N-dealkylation sites (N-methyl/N-ethyl adjacent to an activating group) is 2. The molecule has 33 heavy (non-hydrogen) atoms. The number of imide groups is 1. The molecule has 1 saturated heterocycles. The van der Waals surface area contributed by atoms with E-state index in [0.29, 0.717) is 36.2 Å². The molecule has 0 bridgehead atoms. The topological polar surface area (TPSA) is 106 Å². The average Bonchev–Trinajstić information content (AvgIpc) is 3.12. The Bertz CT molecular complexity index is 890. The normalized spacial score (nSPS) is 22.4. The van der Waals surface area contributed by atoms with Crippen LogP contribution in [0.15, 0.2) is 0 Å². The van der Waals surface area contributed by atoms with Gasteiger partial charge in [-0.2, -0.15) is 5.26 Å². The Balaban J connectivity index is 1.68. The van der Waals surface area contributed by atoms with E-state index in [0.717, 1.165) is 50.9 Å². The SMILES string of the molecule is CCCN(C(=O)NCCN(CC)CC)C(=O)[C@@H]1C[C@@H]2Cc3c(sc(N)c3C#N)C[C@H]2N(C)C1.